The largest absolute Gasteiger partial charge is 0.490 e. The van der Waals surface area contributed by atoms with Crippen molar-refractivity contribution < 1.29 is 14.3 Å². The maximum atomic E-state index is 12.7. The van der Waals surface area contributed by atoms with Crippen LogP contribution in [0, 0.1) is 5.92 Å². The summed E-state index contributed by atoms with van der Waals surface area (Å²) < 4.78 is 11.5. The number of ether oxygens (including phenoxy) is 2. The minimum absolute atomic E-state index is 0.0677. The first kappa shape index (κ1) is 21.2. The van der Waals surface area contributed by atoms with Gasteiger partial charge in [-0.1, -0.05) is 62.0 Å². The molecule has 2 heterocycles. The van der Waals surface area contributed by atoms with Crippen molar-refractivity contribution in [1.29, 1.82) is 0 Å². The van der Waals surface area contributed by atoms with Crippen molar-refractivity contribution in [2.75, 3.05) is 19.0 Å². The Morgan fingerprint density at radius 1 is 1.13 bits per heavy atom. The highest BCUT2D eigenvalue weighted by Gasteiger charge is 2.21. The fourth-order valence-electron chi connectivity index (χ4n) is 3.39. The SMILES string of the molecule is CC(C)[C@H](NC(=O)CSc1n[nH]c(-c2ccccc2)n1)c1ccc2c(c1)OCCCO2. The predicted molar refractivity (Wildman–Crippen MR) is 120 cm³/mol. The van der Waals surface area contributed by atoms with E-state index < -0.39 is 0 Å². The lowest BCUT2D eigenvalue weighted by Crippen LogP contribution is -2.33. The molecule has 4 rings (SSSR count). The first-order valence-electron chi connectivity index (χ1n) is 10.4. The first-order valence-corrected chi connectivity index (χ1v) is 11.4. The summed E-state index contributed by atoms with van der Waals surface area (Å²) in [5, 5.41) is 10.8. The summed E-state index contributed by atoms with van der Waals surface area (Å²) in [6.45, 7) is 5.46. The smallest absolute Gasteiger partial charge is 0.230 e. The topological polar surface area (TPSA) is 89.1 Å². The lowest BCUT2D eigenvalue weighted by molar-refractivity contribution is -0.119. The molecular weight excluding hydrogens is 412 g/mol. The summed E-state index contributed by atoms with van der Waals surface area (Å²) in [5.41, 5.74) is 1.96. The van der Waals surface area contributed by atoms with Gasteiger partial charge in [0.1, 0.15) is 0 Å². The second-order valence-electron chi connectivity index (χ2n) is 7.67. The van der Waals surface area contributed by atoms with Gasteiger partial charge in [-0.25, -0.2) is 4.98 Å². The van der Waals surface area contributed by atoms with Gasteiger partial charge in [0.25, 0.3) is 0 Å². The molecule has 1 aromatic heterocycles. The van der Waals surface area contributed by atoms with Gasteiger partial charge in [-0.3, -0.25) is 9.89 Å². The Hall–Kier alpha value is -3.00. The van der Waals surface area contributed by atoms with Crippen LogP contribution in [0.15, 0.2) is 53.7 Å². The third-order valence-electron chi connectivity index (χ3n) is 4.96. The van der Waals surface area contributed by atoms with Crippen LogP contribution in [0.5, 0.6) is 11.5 Å². The van der Waals surface area contributed by atoms with Gasteiger partial charge in [-0.05, 0) is 23.6 Å². The molecule has 0 saturated carbocycles. The van der Waals surface area contributed by atoms with Crippen LogP contribution < -0.4 is 14.8 Å². The highest BCUT2D eigenvalue weighted by atomic mass is 32.2. The van der Waals surface area contributed by atoms with E-state index in [0.717, 1.165) is 29.0 Å². The van der Waals surface area contributed by atoms with Crippen LogP contribution in [0.2, 0.25) is 0 Å². The fraction of sp³-hybridized carbons (Fsp3) is 0.348. The second-order valence-corrected chi connectivity index (χ2v) is 8.61. The van der Waals surface area contributed by atoms with Crippen LogP contribution in [0.1, 0.15) is 31.9 Å². The lowest BCUT2D eigenvalue weighted by Gasteiger charge is -2.23. The molecule has 0 saturated heterocycles. The van der Waals surface area contributed by atoms with Crippen molar-refractivity contribution in [3.8, 4) is 22.9 Å². The highest BCUT2D eigenvalue weighted by molar-refractivity contribution is 7.99. The third-order valence-corrected chi connectivity index (χ3v) is 5.81. The molecule has 0 aliphatic carbocycles. The monoisotopic (exact) mass is 438 g/mol. The summed E-state index contributed by atoms with van der Waals surface area (Å²) in [7, 11) is 0. The summed E-state index contributed by atoms with van der Waals surface area (Å²) in [6.07, 6.45) is 0.860. The van der Waals surface area contributed by atoms with Gasteiger partial charge in [-0.15, -0.1) is 5.10 Å². The molecular formula is C23H26N4O3S. The number of H-pyrrole nitrogens is 1. The van der Waals surface area contributed by atoms with Gasteiger partial charge < -0.3 is 14.8 Å². The van der Waals surface area contributed by atoms with Gasteiger partial charge >= 0.3 is 0 Å². The number of rotatable bonds is 7. The van der Waals surface area contributed by atoms with Gasteiger partial charge in [0.15, 0.2) is 17.3 Å². The Labute approximate surface area is 186 Å². The van der Waals surface area contributed by atoms with Crippen molar-refractivity contribution in [3.05, 3.63) is 54.1 Å². The number of nitrogens with zero attached hydrogens (tertiary/aromatic N) is 2. The summed E-state index contributed by atoms with van der Waals surface area (Å²) in [4.78, 5) is 17.1. The summed E-state index contributed by atoms with van der Waals surface area (Å²) >= 11 is 1.31. The lowest BCUT2D eigenvalue weighted by atomic mass is 9.95. The Morgan fingerprint density at radius 2 is 1.90 bits per heavy atom. The molecule has 7 nitrogen and oxygen atoms in total. The number of hydrogen-bond donors (Lipinski definition) is 2. The minimum Gasteiger partial charge on any atom is -0.490 e. The van der Waals surface area contributed by atoms with E-state index in [2.05, 4.69) is 34.3 Å². The van der Waals surface area contributed by atoms with Crippen molar-refractivity contribution in [3.63, 3.8) is 0 Å². The Balaban J connectivity index is 1.38. The van der Waals surface area contributed by atoms with E-state index in [0.29, 0.717) is 24.2 Å². The minimum atomic E-state index is -0.128. The maximum Gasteiger partial charge on any atom is 0.230 e. The molecule has 162 valence electrons. The Bertz CT molecular complexity index is 1020. The molecule has 1 atom stereocenters. The first-order chi connectivity index (χ1) is 15.1. The van der Waals surface area contributed by atoms with Crippen LogP contribution in [0.25, 0.3) is 11.4 Å². The van der Waals surface area contributed by atoms with E-state index in [4.69, 9.17) is 9.47 Å². The third kappa shape index (κ3) is 5.38. The van der Waals surface area contributed by atoms with Crippen LogP contribution in [0.3, 0.4) is 0 Å². The standard InChI is InChI=1S/C23H26N4O3S/c1-15(2)21(17-9-10-18-19(13-17)30-12-6-11-29-18)24-20(28)14-31-23-25-22(26-27-23)16-7-4-3-5-8-16/h3-5,7-10,13,15,21H,6,11-12,14H2,1-2H3,(H,24,28)(H,25,26,27)/t21-/m0/s1. The number of fused-ring (bicyclic) bond motifs is 1. The molecule has 2 aromatic carbocycles. The summed E-state index contributed by atoms with van der Waals surface area (Å²) in [5.74, 6) is 2.56. The van der Waals surface area contributed by atoms with Gasteiger partial charge in [0, 0.05) is 12.0 Å². The zero-order valence-electron chi connectivity index (χ0n) is 17.6. The molecule has 31 heavy (non-hydrogen) atoms. The molecule has 1 amide bonds. The summed E-state index contributed by atoms with van der Waals surface area (Å²) in [6, 6.07) is 15.5. The number of carbonyl (C=O) groups excluding carboxylic acids is 1. The van der Waals surface area contributed by atoms with Crippen molar-refractivity contribution in [2.24, 2.45) is 5.92 Å². The number of thioether (sulfide) groups is 1. The molecule has 1 aliphatic heterocycles. The molecule has 0 radical (unpaired) electrons. The Kier molecular flexibility index (Phi) is 6.76. The molecule has 1 aliphatic rings. The van der Waals surface area contributed by atoms with Gasteiger partial charge in [-0.2, -0.15) is 0 Å². The van der Waals surface area contributed by atoms with Crippen LogP contribution in [-0.2, 0) is 4.79 Å². The Morgan fingerprint density at radius 3 is 2.68 bits per heavy atom. The van der Waals surface area contributed by atoms with Crippen molar-refractivity contribution in [1.82, 2.24) is 20.5 Å². The zero-order valence-corrected chi connectivity index (χ0v) is 18.4. The number of carbonyl (C=O) groups is 1. The number of aromatic nitrogens is 3. The maximum absolute atomic E-state index is 12.7. The normalized spacial score (nSPS) is 14.2. The average Bonchev–Trinajstić information content (AvgIpc) is 3.14. The molecule has 3 aromatic rings. The van der Waals surface area contributed by atoms with Crippen molar-refractivity contribution >= 4 is 17.7 Å². The van der Waals surface area contributed by atoms with Crippen molar-refractivity contribution in [2.45, 2.75) is 31.5 Å². The second kappa shape index (κ2) is 9.87. The fourth-order valence-corrected chi connectivity index (χ4v) is 4.00. The predicted octanol–water partition coefficient (Wildman–Crippen LogP) is 4.24. The number of aromatic amines is 1. The van der Waals surface area contributed by atoms with Gasteiger partial charge in [0.05, 0.1) is 25.0 Å². The number of amides is 1. The van der Waals surface area contributed by atoms with Gasteiger partial charge in [0.2, 0.25) is 11.1 Å². The number of benzene rings is 2. The van der Waals surface area contributed by atoms with E-state index >= 15 is 0 Å². The molecule has 0 unspecified atom stereocenters. The number of nitrogens with one attached hydrogen (secondary N) is 2. The zero-order chi connectivity index (χ0) is 21.6. The van der Waals surface area contributed by atoms with E-state index in [1.165, 1.54) is 11.8 Å². The van der Waals surface area contributed by atoms with E-state index in [9.17, 15) is 4.79 Å². The quantitative estimate of drug-likeness (QED) is 0.537. The molecule has 8 heteroatoms. The van der Waals surface area contributed by atoms with Crippen LogP contribution >= 0.6 is 11.8 Å². The highest BCUT2D eigenvalue weighted by Crippen LogP contribution is 2.34. The average molecular weight is 439 g/mol. The van der Waals surface area contributed by atoms with E-state index in [1.54, 1.807) is 0 Å². The van der Waals surface area contributed by atoms with Crippen LogP contribution in [0.4, 0.5) is 0 Å². The molecule has 0 bridgehead atoms. The van der Waals surface area contributed by atoms with E-state index in [-0.39, 0.29) is 23.6 Å². The number of hydrogen-bond acceptors (Lipinski definition) is 6. The molecule has 2 N–H and O–H groups in total. The van der Waals surface area contributed by atoms with Crippen LogP contribution in [-0.4, -0.2) is 40.1 Å². The van der Waals surface area contributed by atoms with E-state index in [1.807, 2.05) is 48.5 Å². The molecule has 0 fully saturated rings. The molecule has 0 spiro atoms.